The van der Waals surface area contributed by atoms with Gasteiger partial charge in [-0.1, -0.05) is 6.92 Å². The summed E-state index contributed by atoms with van der Waals surface area (Å²) < 4.78 is 1.97. The van der Waals surface area contributed by atoms with Gasteiger partial charge in [0.1, 0.15) is 0 Å². The highest BCUT2D eigenvalue weighted by atomic mass is 16.1. The molecule has 0 saturated heterocycles. The Morgan fingerprint density at radius 2 is 2.19 bits per heavy atom. The van der Waals surface area contributed by atoms with E-state index >= 15 is 0 Å². The van der Waals surface area contributed by atoms with Gasteiger partial charge in [0.05, 0.1) is 12.2 Å². The maximum atomic E-state index is 11.2. The number of carbonyl (C=O) groups excluding carboxylic acids is 1. The van der Waals surface area contributed by atoms with Crippen molar-refractivity contribution in [2.24, 2.45) is 7.05 Å². The lowest BCUT2D eigenvalue weighted by atomic mass is 9.96. The number of nitrogens with one attached hydrogen (secondary N) is 1. The third kappa shape index (κ3) is 2.10. The smallest absolute Gasteiger partial charge is 0.220 e. The summed E-state index contributed by atoms with van der Waals surface area (Å²) in [7, 11) is 2.00. The van der Waals surface area contributed by atoms with E-state index in [1.807, 2.05) is 18.7 Å². The SMILES string of the molecule is CCC(=O)NCc1nn(C)c2c1CCCC2. The summed E-state index contributed by atoms with van der Waals surface area (Å²) in [5.41, 5.74) is 3.77. The van der Waals surface area contributed by atoms with E-state index in [9.17, 15) is 4.79 Å². The normalized spacial score (nSPS) is 14.6. The van der Waals surface area contributed by atoms with Gasteiger partial charge in [0.15, 0.2) is 0 Å². The molecule has 0 unspecified atom stereocenters. The summed E-state index contributed by atoms with van der Waals surface area (Å²) >= 11 is 0. The van der Waals surface area contributed by atoms with E-state index in [0.717, 1.165) is 18.5 Å². The Morgan fingerprint density at radius 1 is 1.44 bits per heavy atom. The number of carbonyl (C=O) groups is 1. The van der Waals surface area contributed by atoms with Crippen LogP contribution in [0.1, 0.15) is 43.1 Å². The van der Waals surface area contributed by atoms with Crippen LogP contribution in [0.5, 0.6) is 0 Å². The molecule has 4 nitrogen and oxygen atoms in total. The van der Waals surface area contributed by atoms with E-state index in [4.69, 9.17) is 0 Å². The predicted octanol–water partition coefficient (Wildman–Crippen LogP) is 1.33. The average Bonchev–Trinajstić information content (AvgIpc) is 2.64. The molecular formula is C12H19N3O. The Hall–Kier alpha value is -1.32. The van der Waals surface area contributed by atoms with Crippen molar-refractivity contribution in [1.29, 1.82) is 0 Å². The Balaban J connectivity index is 2.12. The summed E-state index contributed by atoms with van der Waals surface area (Å²) in [4.78, 5) is 11.2. The fourth-order valence-corrected chi connectivity index (χ4v) is 2.31. The molecule has 1 amide bonds. The molecule has 1 aromatic heterocycles. The lowest BCUT2D eigenvalue weighted by molar-refractivity contribution is -0.120. The molecule has 0 atom stereocenters. The van der Waals surface area contributed by atoms with Gasteiger partial charge < -0.3 is 5.32 Å². The van der Waals surface area contributed by atoms with Gasteiger partial charge in [-0.3, -0.25) is 9.48 Å². The third-order valence-electron chi connectivity index (χ3n) is 3.22. The topological polar surface area (TPSA) is 46.9 Å². The minimum atomic E-state index is 0.0928. The highest BCUT2D eigenvalue weighted by molar-refractivity contribution is 5.75. The monoisotopic (exact) mass is 221 g/mol. The highest BCUT2D eigenvalue weighted by Gasteiger charge is 2.18. The molecule has 0 fully saturated rings. The van der Waals surface area contributed by atoms with Gasteiger partial charge in [-0.25, -0.2) is 0 Å². The molecule has 88 valence electrons. The van der Waals surface area contributed by atoms with Crippen LogP contribution in [0.2, 0.25) is 0 Å². The van der Waals surface area contributed by atoms with E-state index in [-0.39, 0.29) is 5.91 Å². The Bertz CT molecular complexity index is 395. The molecule has 0 aromatic carbocycles. The molecule has 1 heterocycles. The first kappa shape index (κ1) is 11.2. The molecule has 2 rings (SSSR count). The molecule has 0 spiro atoms. The fourth-order valence-electron chi connectivity index (χ4n) is 2.31. The summed E-state index contributed by atoms with van der Waals surface area (Å²) in [6, 6.07) is 0. The van der Waals surface area contributed by atoms with Gasteiger partial charge in [0.2, 0.25) is 5.91 Å². The minimum absolute atomic E-state index is 0.0928. The van der Waals surface area contributed by atoms with Gasteiger partial charge in [0, 0.05) is 19.2 Å². The van der Waals surface area contributed by atoms with Gasteiger partial charge in [-0.2, -0.15) is 5.10 Å². The summed E-state index contributed by atoms with van der Waals surface area (Å²) in [6.45, 7) is 2.44. The molecule has 1 N–H and O–H groups in total. The maximum absolute atomic E-state index is 11.2. The largest absolute Gasteiger partial charge is 0.350 e. The molecule has 4 heteroatoms. The van der Waals surface area contributed by atoms with Crippen LogP contribution >= 0.6 is 0 Å². The van der Waals surface area contributed by atoms with Crippen molar-refractivity contribution in [1.82, 2.24) is 15.1 Å². The summed E-state index contributed by atoms with van der Waals surface area (Å²) in [6.07, 6.45) is 5.27. The van der Waals surface area contributed by atoms with Gasteiger partial charge in [-0.05, 0) is 31.2 Å². The lowest BCUT2D eigenvalue weighted by Gasteiger charge is -2.12. The zero-order valence-electron chi connectivity index (χ0n) is 10.0. The second-order valence-electron chi connectivity index (χ2n) is 4.33. The van der Waals surface area contributed by atoms with Crippen LogP contribution in [0.25, 0.3) is 0 Å². The number of aryl methyl sites for hydroxylation is 1. The van der Waals surface area contributed by atoms with E-state index < -0.39 is 0 Å². The number of aromatic nitrogens is 2. The molecule has 0 bridgehead atoms. The van der Waals surface area contributed by atoms with Gasteiger partial charge in [-0.15, -0.1) is 0 Å². The van der Waals surface area contributed by atoms with Crippen LogP contribution in [-0.4, -0.2) is 15.7 Å². The lowest BCUT2D eigenvalue weighted by Crippen LogP contribution is -2.22. The maximum Gasteiger partial charge on any atom is 0.220 e. The van der Waals surface area contributed by atoms with E-state index in [0.29, 0.717) is 13.0 Å². The van der Waals surface area contributed by atoms with E-state index in [1.165, 1.54) is 24.1 Å². The van der Waals surface area contributed by atoms with Gasteiger partial charge >= 0.3 is 0 Å². The minimum Gasteiger partial charge on any atom is -0.350 e. The fraction of sp³-hybridized carbons (Fsp3) is 0.667. The van der Waals surface area contributed by atoms with Crippen LogP contribution in [0.3, 0.4) is 0 Å². The molecule has 1 aliphatic rings. The second kappa shape index (κ2) is 4.68. The Kier molecular flexibility index (Phi) is 3.27. The average molecular weight is 221 g/mol. The van der Waals surface area contributed by atoms with Crippen LogP contribution in [0, 0.1) is 0 Å². The standard InChI is InChI=1S/C12H19N3O/c1-3-12(16)13-8-10-9-6-4-5-7-11(9)15(2)14-10/h3-8H2,1-2H3,(H,13,16). The van der Waals surface area contributed by atoms with Gasteiger partial charge in [0.25, 0.3) is 0 Å². The molecule has 0 radical (unpaired) electrons. The summed E-state index contributed by atoms with van der Waals surface area (Å²) in [5, 5.41) is 7.40. The van der Waals surface area contributed by atoms with Crippen molar-refractivity contribution < 1.29 is 4.79 Å². The first-order valence-corrected chi connectivity index (χ1v) is 6.02. The number of amides is 1. The van der Waals surface area contributed by atoms with Crippen LogP contribution in [0.4, 0.5) is 0 Å². The number of nitrogens with zero attached hydrogens (tertiary/aromatic N) is 2. The van der Waals surface area contributed by atoms with E-state index in [2.05, 4.69) is 10.4 Å². The van der Waals surface area contributed by atoms with Crippen molar-refractivity contribution in [3.05, 3.63) is 17.0 Å². The first-order chi connectivity index (χ1) is 7.72. The molecular weight excluding hydrogens is 202 g/mol. The van der Waals surface area contributed by atoms with Crippen molar-refractivity contribution >= 4 is 5.91 Å². The molecule has 16 heavy (non-hydrogen) atoms. The summed E-state index contributed by atoms with van der Waals surface area (Å²) in [5.74, 6) is 0.0928. The Labute approximate surface area is 96.0 Å². The quantitative estimate of drug-likeness (QED) is 0.837. The zero-order valence-corrected chi connectivity index (χ0v) is 10.0. The van der Waals surface area contributed by atoms with E-state index in [1.54, 1.807) is 0 Å². The van der Waals surface area contributed by atoms with Crippen molar-refractivity contribution in [2.75, 3.05) is 0 Å². The van der Waals surface area contributed by atoms with Crippen LogP contribution in [-0.2, 0) is 31.2 Å². The first-order valence-electron chi connectivity index (χ1n) is 6.02. The number of hydrogen-bond acceptors (Lipinski definition) is 2. The van der Waals surface area contributed by atoms with Crippen molar-refractivity contribution in [2.45, 2.75) is 45.6 Å². The third-order valence-corrected chi connectivity index (χ3v) is 3.22. The van der Waals surface area contributed by atoms with Crippen LogP contribution < -0.4 is 5.32 Å². The molecule has 1 aliphatic carbocycles. The second-order valence-corrected chi connectivity index (χ2v) is 4.33. The predicted molar refractivity (Wildman–Crippen MR) is 62.0 cm³/mol. The van der Waals surface area contributed by atoms with Crippen LogP contribution in [0.15, 0.2) is 0 Å². The number of rotatable bonds is 3. The zero-order chi connectivity index (χ0) is 11.5. The number of hydrogen-bond donors (Lipinski definition) is 1. The van der Waals surface area contributed by atoms with Crippen molar-refractivity contribution in [3.8, 4) is 0 Å². The Morgan fingerprint density at radius 3 is 2.94 bits per heavy atom. The molecule has 0 aliphatic heterocycles. The number of fused-ring (bicyclic) bond motifs is 1. The molecule has 0 saturated carbocycles. The molecule has 1 aromatic rings. The highest BCUT2D eigenvalue weighted by Crippen LogP contribution is 2.23. The van der Waals surface area contributed by atoms with Crippen molar-refractivity contribution in [3.63, 3.8) is 0 Å².